The molecule has 21 heavy (non-hydrogen) atoms. The van der Waals surface area contributed by atoms with Crippen molar-refractivity contribution in [3.63, 3.8) is 0 Å². The number of rotatable bonds is 7. The second kappa shape index (κ2) is 7.45. The number of thiophene rings is 1. The molecule has 1 aromatic heterocycles. The lowest BCUT2D eigenvalue weighted by Crippen LogP contribution is -2.30. The van der Waals surface area contributed by atoms with E-state index in [1.54, 1.807) is 25.6 Å². The van der Waals surface area contributed by atoms with Crippen molar-refractivity contribution in [2.75, 3.05) is 27.8 Å². The van der Waals surface area contributed by atoms with E-state index in [9.17, 15) is 0 Å². The maximum absolute atomic E-state index is 6.00. The summed E-state index contributed by atoms with van der Waals surface area (Å²) in [5.41, 5.74) is 7.10. The Kier molecular flexibility index (Phi) is 5.61. The van der Waals surface area contributed by atoms with E-state index >= 15 is 0 Å². The third-order valence-electron chi connectivity index (χ3n) is 3.50. The summed E-state index contributed by atoms with van der Waals surface area (Å²) in [7, 11) is 5.40. The Balaban J connectivity index is 2.23. The van der Waals surface area contributed by atoms with Gasteiger partial charge < -0.3 is 15.2 Å². The Labute approximate surface area is 130 Å². The fraction of sp³-hybridized carbons (Fsp3) is 0.375. The smallest absolute Gasteiger partial charge is 0.122 e. The number of nitrogens with two attached hydrogens (primary N) is 1. The number of hydrogen-bond acceptors (Lipinski definition) is 5. The van der Waals surface area contributed by atoms with Crippen LogP contribution >= 0.6 is 11.3 Å². The third-order valence-corrected chi connectivity index (χ3v) is 4.36. The molecule has 0 saturated carbocycles. The van der Waals surface area contributed by atoms with E-state index in [4.69, 9.17) is 15.2 Å². The van der Waals surface area contributed by atoms with E-state index in [0.717, 1.165) is 23.6 Å². The van der Waals surface area contributed by atoms with Gasteiger partial charge in [0.1, 0.15) is 11.5 Å². The van der Waals surface area contributed by atoms with Crippen LogP contribution in [0.15, 0.2) is 35.7 Å². The molecule has 114 valence electrons. The zero-order valence-corrected chi connectivity index (χ0v) is 13.5. The summed E-state index contributed by atoms with van der Waals surface area (Å²) in [6.07, 6.45) is 0. The maximum atomic E-state index is 6.00. The summed E-state index contributed by atoms with van der Waals surface area (Å²) >= 11 is 1.76. The monoisotopic (exact) mass is 306 g/mol. The van der Waals surface area contributed by atoms with Crippen LogP contribution in [0.5, 0.6) is 11.5 Å². The second-order valence-electron chi connectivity index (χ2n) is 4.89. The van der Waals surface area contributed by atoms with E-state index in [-0.39, 0.29) is 6.04 Å². The first kappa shape index (κ1) is 15.8. The molecule has 2 aromatic rings. The summed E-state index contributed by atoms with van der Waals surface area (Å²) in [6, 6.07) is 10.2. The third kappa shape index (κ3) is 3.97. The van der Waals surface area contributed by atoms with Crippen molar-refractivity contribution in [2.45, 2.75) is 12.6 Å². The van der Waals surface area contributed by atoms with Crippen molar-refractivity contribution < 1.29 is 9.47 Å². The Hall–Kier alpha value is -1.56. The number of ether oxygens (including phenoxy) is 2. The summed E-state index contributed by atoms with van der Waals surface area (Å²) in [4.78, 5) is 3.57. The van der Waals surface area contributed by atoms with Crippen LogP contribution in [0, 0.1) is 0 Å². The van der Waals surface area contributed by atoms with Crippen LogP contribution in [-0.2, 0) is 6.54 Å². The van der Waals surface area contributed by atoms with Gasteiger partial charge in [-0.1, -0.05) is 6.07 Å². The molecule has 0 aliphatic heterocycles. The fourth-order valence-electron chi connectivity index (χ4n) is 2.35. The molecule has 1 heterocycles. The zero-order chi connectivity index (χ0) is 15.2. The highest BCUT2D eigenvalue weighted by Gasteiger charge is 2.18. The normalized spacial score (nSPS) is 12.4. The Morgan fingerprint density at radius 3 is 2.33 bits per heavy atom. The van der Waals surface area contributed by atoms with E-state index in [1.165, 1.54) is 4.88 Å². The van der Waals surface area contributed by atoms with E-state index in [0.29, 0.717) is 6.54 Å². The van der Waals surface area contributed by atoms with E-state index in [2.05, 4.69) is 29.5 Å². The predicted octanol–water partition coefficient (Wildman–Crippen LogP) is 2.90. The molecule has 0 radical (unpaired) electrons. The lowest BCUT2D eigenvalue weighted by Gasteiger charge is -2.27. The number of likely N-dealkylation sites (N-methyl/N-ethyl adjacent to an activating group) is 1. The van der Waals surface area contributed by atoms with Crippen molar-refractivity contribution in [2.24, 2.45) is 5.73 Å². The Morgan fingerprint density at radius 2 is 1.86 bits per heavy atom. The highest BCUT2D eigenvalue weighted by Crippen LogP contribution is 2.29. The number of methoxy groups -OCH3 is 2. The predicted molar refractivity (Wildman–Crippen MR) is 87.1 cm³/mol. The minimum atomic E-state index is 0.121. The molecule has 0 fully saturated rings. The second-order valence-corrected chi connectivity index (χ2v) is 5.92. The molecule has 0 aliphatic carbocycles. The van der Waals surface area contributed by atoms with Crippen LogP contribution in [-0.4, -0.2) is 32.7 Å². The van der Waals surface area contributed by atoms with Gasteiger partial charge in [0.05, 0.1) is 14.2 Å². The molecule has 0 saturated heterocycles. The Bertz CT molecular complexity index is 535. The molecular formula is C16H22N2O2S. The minimum absolute atomic E-state index is 0.121. The van der Waals surface area contributed by atoms with Gasteiger partial charge in [0.15, 0.2) is 0 Å². The quantitative estimate of drug-likeness (QED) is 0.854. The molecule has 4 nitrogen and oxygen atoms in total. The average molecular weight is 306 g/mol. The number of hydrogen-bond donors (Lipinski definition) is 1. The molecule has 2 rings (SSSR count). The zero-order valence-electron chi connectivity index (χ0n) is 12.7. The molecule has 0 amide bonds. The SMILES string of the molecule is COc1cc(OC)cc(C(CN)N(C)Cc2cccs2)c1. The molecule has 0 aliphatic rings. The van der Waals surface area contributed by atoms with Gasteiger partial charge in [0.2, 0.25) is 0 Å². The van der Waals surface area contributed by atoms with Crippen molar-refractivity contribution >= 4 is 11.3 Å². The lowest BCUT2D eigenvalue weighted by atomic mass is 10.0. The molecule has 0 bridgehead atoms. The van der Waals surface area contributed by atoms with Gasteiger partial charge in [-0.05, 0) is 36.2 Å². The van der Waals surface area contributed by atoms with Crippen molar-refractivity contribution in [3.05, 3.63) is 46.2 Å². The molecule has 0 spiro atoms. The summed E-state index contributed by atoms with van der Waals surface area (Å²) in [5.74, 6) is 1.57. The molecule has 2 N–H and O–H groups in total. The first-order valence-electron chi connectivity index (χ1n) is 6.83. The largest absolute Gasteiger partial charge is 0.497 e. The van der Waals surface area contributed by atoms with Crippen molar-refractivity contribution in [1.29, 1.82) is 0 Å². The van der Waals surface area contributed by atoms with E-state index < -0.39 is 0 Å². The van der Waals surface area contributed by atoms with Gasteiger partial charge >= 0.3 is 0 Å². The highest BCUT2D eigenvalue weighted by molar-refractivity contribution is 7.09. The Morgan fingerprint density at radius 1 is 1.19 bits per heavy atom. The van der Waals surface area contributed by atoms with Crippen LogP contribution < -0.4 is 15.2 Å². The van der Waals surface area contributed by atoms with Crippen LogP contribution in [0.25, 0.3) is 0 Å². The maximum Gasteiger partial charge on any atom is 0.122 e. The summed E-state index contributed by atoms with van der Waals surface area (Å²) < 4.78 is 10.7. The van der Waals surface area contributed by atoms with Crippen molar-refractivity contribution in [1.82, 2.24) is 4.90 Å². The van der Waals surface area contributed by atoms with Gasteiger partial charge in [0.25, 0.3) is 0 Å². The number of benzene rings is 1. The standard InChI is InChI=1S/C16H22N2O2S/c1-18(11-15-5-4-6-21-15)16(10-17)12-7-13(19-2)9-14(8-12)20-3/h4-9,16H,10-11,17H2,1-3H3. The summed E-state index contributed by atoms with van der Waals surface area (Å²) in [5, 5.41) is 2.09. The number of nitrogens with zero attached hydrogens (tertiary/aromatic N) is 1. The minimum Gasteiger partial charge on any atom is -0.497 e. The molecule has 1 unspecified atom stereocenters. The van der Waals surface area contributed by atoms with Crippen LogP contribution in [0.3, 0.4) is 0 Å². The molecule has 1 atom stereocenters. The molecule has 1 aromatic carbocycles. The lowest BCUT2D eigenvalue weighted by molar-refractivity contribution is 0.242. The topological polar surface area (TPSA) is 47.7 Å². The fourth-order valence-corrected chi connectivity index (χ4v) is 3.12. The van der Waals surface area contributed by atoms with Crippen LogP contribution in [0.4, 0.5) is 0 Å². The van der Waals surface area contributed by atoms with E-state index in [1.807, 2.05) is 18.2 Å². The van der Waals surface area contributed by atoms with Gasteiger partial charge in [-0.15, -0.1) is 11.3 Å². The highest BCUT2D eigenvalue weighted by atomic mass is 32.1. The van der Waals surface area contributed by atoms with Crippen LogP contribution in [0.1, 0.15) is 16.5 Å². The first-order chi connectivity index (χ1) is 10.2. The molecule has 5 heteroatoms. The first-order valence-corrected chi connectivity index (χ1v) is 7.71. The van der Waals surface area contributed by atoms with Crippen molar-refractivity contribution in [3.8, 4) is 11.5 Å². The summed E-state index contributed by atoms with van der Waals surface area (Å²) in [6.45, 7) is 1.41. The van der Waals surface area contributed by atoms with Gasteiger partial charge in [-0.25, -0.2) is 0 Å². The van der Waals surface area contributed by atoms with Gasteiger partial charge in [0, 0.05) is 30.1 Å². The van der Waals surface area contributed by atoms with Gasteiger partial charge in [-0.2, -0.15) is 0 Å². The molecular weight excluding hydrogens is 284 g/mol. The van der Waals surface area contributed by atoms with Crippen LogP contribution in [0.2, 0.25) is 0 Å². The van der Waals surface area contributed by atoms with Gasteiger partial charge in [-0.3, -0.25) is 4.90 Å². The average Bonchev–Trinajstić information content (AvgIpc) is 3.00.